The monoisotopic (exact) mass is 247 g/mol. The normalized spacial score (nSPS) is 10.2. The SMILES string of the molecule is CC.CC(=O)NCc1cccc(C(F)(F)F)c1. The first kappa shape index (κ1) is 15.5. The lowest BCUT2D eigenvalue weighted by Crippen LogP contribution is -2.19. The molecule has 0 aromatic heterocycles. The molecule has 0 spiro atoms. The summed E-state index contributed by atoms with van der Waals surface area (Å²) in [5.74, 6) is -0.271. The van der Waals surface area contributed by atoms with E-state index in [1.54, 1.807) is 0 Å². The van der Waals surface area contributed by atoms with E-state index < -0.39 is 11.7 Å². The first-order valence-electron chi connectivity index (χ1n) is 5.30. The highest BCUT2D eigenvalue weighted by atomic mass is 19.4. The lowest BCUT2D eigenvalue weighted by atomic mass is 10.1. The van der Waals surface area contributed by atoms with Gasteiger partial charge in [0.25, 0.3) is 0 Å². The Bertz CT molecular complexity index is 361. The zero-order chi connectivity index (χ0) is 13.5. The van der Waals surface area contributed by atoms with Crippen molar-refractivity contribution in [3.05, 3.63) is 35.4 Å². The predicted octanol–water partition coefficient (Wildman–Crippen LogP) is 3.37. The predicted molar refractivity (Wildman–Crippen MR) is 60.3 cm³/mol. The summed E-state index contributed by atoms with van der Waals surface area (Å²) in [5.41, 5.74) is -0.273. The van der Waals surface area contributed by atoms with E-state index in [0.29, 0.717) is 5.56 Å². The van der Waals surface area contributed by atoms with E-state index in [2.05, 4.69) is 5.32 Å². The molecule has 1 N–H and O–H groups in total. The summed E-state index contributed by atoms with van der Waals surface area (Å²) in [5, 5.41) is 2.43. The second-order valence-corrected chi connectivity index (χ2v) is 3.11. The maximum Gasteiger partial charge on any atom is 0.416 e. The van der Waals surface area contributed by atoms with Crippen LogP contribution in [0.2, 0.25) is 0 Å². The number of benzene rings is 1. The minimum Gasteiger partial charge on any atom is -0.352 e. The molecule has 0 aliphatic rings. The average Bonchev–Trinajstić information content (AvgIpc) is 2.28. The van der Waals surface area contributed by atoms with Crippen LogP contribution in [0.5, 0.6) is 0 Å². The molecule has 0 bridgehead atoms. The lowest BCUT2D eigenvalue weighted by Gasteiger charge is -2.08. The van der Waals surface area contributed by atoms with Crippen molar-refractivity contribution < 1.29 is 18.0 Å². The standard InChI is InChI=1S/C10H10F3NO.C2H6/c1-7(15)14-6-8-3-2-4-9(5-8)10(11,12)13;1-2/h2-5H,6H2,1H3,(H,14,15);1-2H3. The lowest BCUT2D eigenvalue weighted by molar-refractivity contribution is -0.137. The minimum absolute atomic E-state index is 0.110. The van der Waals surface area contributed by atoms with Crippen LogP contribution in [0.3, 0.4) is 0 Å². The molecule has 5 heteroatoms. The second-order valence-electron chi connectivity index (χ2n) is 3.11. The van der Waals surface area contributed by atoms with Crippen LogP contribution in [0.1, 0.15) is 31.9 Å². The number of halogens is 3. The van der Waals surface area contributed by atoms with Crippen molar-refractivity contribution in [1.29, 1.82) is 0 Å². The number of carbonyl (C=O) groups excluding carboxylic acids is 1. The molecule has 0 saturated heterocycles. The molecular weight excluding hydrogens is 231 g/mol. The van der Waals surface area contributed by atoms with E-state index in [0.717, 1.165) is 12.1 Å². The molecule has 0 aliphatic heterocycles. The minimum atomic E-state index is -4.34. The van der Waals surface area contributed by atoms with Gasteiger partial charge in [0.05, 0.1) is 5.56 Å². The molecule has 0 heterocycles. The molecule has 1 aromatic rings. The van der Waals surface area contributed by atoms with Crippen LogP contribution in [0.4, 0.5) is 13.2 Å². The first-order chi connectivity index (χ1) is 7.89. The van der Waals surface area contributed by atoms with Crippen molar-refractivity contribution in [2.24, 2.45) is 0 Å². The highest BCUT2D eigenvalue weighted by Crippen LogP contribution is 2.29. The number of hydrogen-bond acceptors (Lipinski definition) is 1. The van der Waals surface area contributed by atoms with E-state index in [4.69, 9.17) is 0 Å². The molecule has 0 saturated carbocycles. The van der Waals surface area contributed by atoms with Gasteiger partial charge in [0.15, 0.2) is 0 Å². The first-order valence-corrected chi connectivity index (χ1v) is 5.30. The Kier molecular flexibility index (Phi) is 6.31. The molecule has 0 atom stereocenters. The zero-order valence-corrected chi connectivity index (χ0v) is 10.1. The average molecular weight is 247 g/mol. The Morgan fingerprint density at radius 2 is 1.88 bits per heavy atom. The molecule has 0 radical (unpaired) electrons. The highest BCUT2D eigenvalue weighted by Gasteiger charge is 2.30. The Hall–Kier alpha value is -1.52. The van der Waals surface area contributed by atoms with Gasteiger partial charge in [-0.15, -0.1) is 0 Å². The Balaban J connectivity index is 0.00000121. The number of amides is 1. The molecule has 0 fully saturated rings. The Morgan fingerprint density at radius 3 is 2.35 bits per heavy atom. The maximum atomic E-state index is 12.3. The smallest absolute Gasteiger partial charge is 0.352 e. The molecule has 1 amide bonds. The number of alkyl halides is 3. The summed E-state index contributed by atoms with van der Waals surface area (Å²) < 4.78 is 36.8. The number of carbonyl (C=O) groups is 1. The van der Waals surface area contributed by atoms with Crippen LogP contribution >= 0.6 is 0 Å². The summed E-state index contributed by atoms with van der Waals surface area (Å²) in [6.45, 7) is 5.42. The van der Waals surface area contributed by atoms with E-state index in [1.807, 2.05) is 13.8 Å². The van der Waals surface area contributed by atoms with Gasteiger partial charge in [-0.25, -0.2) is 0 Å². The van der Waals surface area contributed by atoms with Crippen LogP contribution in [0.15, 0.2) is 24.3 Å². The summed E-state index contributed by atoms with van der Waals surface area (Å²) >= 11 is 0. The fourth-order valence-corrected chi connectivity index (χ4v) is 1.08. The van der Waals surface area contributed by atoms with Gasteiger partial charge in [0.1, 0.15) is 0 Å². The van der Waals surface area contributed by atoms with Crippen LogP contribution in [-0.4, -0.2) is 5.91 Å². The fourth-order valence-electron chi connectivity index (χ4n) is 1.08. The van der Waals surface area contributed by atoms with Gasteiger partial charge >= 0.3 is 6.18 Å². The third-order valence-electron chi connectivity index (χ3n) is 1.80. The summed E-state index contributed by atoms with van der Waals surface area (Å²) in [7, 11) is 0. The number of rotatable bonds is 2. The second kappa shape index (κ2) is 6.93. The molecule has 17 heavy (non-hydrogen) atoms. The zero-order valence-electron chi connectivity index (χ0n) is 10.1. The van der Waals surface area contributed by atoms with Gasteiger partial charge in [0, 0.05) is 13.5 Å². The summed E-state index contributed by atoms with van der Waals surface area (Å²) in [4.78, 5) is 10.6. The molecule has 2 nitrogen and oxygen atoms in total. The van der Waals surface area contributed by atoms with Crippen LogP contribution < -0.4 is 5.32 Å². The summed E-state index contributed by atoms with van der Waals surface area (Å²) in [6.07, 6.45) is -4.34. The summed E-state index contributed by atoms with van der Waals surface area (Å²) in [6, 6.07) is 4.87. The van der Waals surface area contributed by atoms with Crippen LogP contribution in [0.25, 0.3) is 0 Å². The van der Waals surface area contributed by atoms with Crippen LogP contribution in [-0.2, 0) is 17.5 Å². The maximum absolute atomic E-state index is 12.3. The van der Waals surface area contributed by atoms with Gasteiger partial charge in [-0.05, 0) is 17.7 Å². The van der Waals surface area contributed by atoms with Gasteiger partial charge in [-0.3, -0.25) is 4.79 Å². The van der Waals surface area contributed by atoms with Gasteiger partial charge < -0.3 is 5.32 Å². The van der Waals surface area contributed by atoms with Gasteiger partial charge in [0.2, 0.25) is 5.91 Å². The fraction of sp³-hybridized carbons (Fsp3) is 0.417. The van der Waals surface area contributed by atoms with Crippen molar-refractivity contribution in [3.8, 4) is 0 Å². The van der Waals surface area contributed by atoms with E-state index in [9.17, 15) is 18.0 Å². The van der Waals surface area contributed by atoms with Gasteiger partial charge in [-0.2, -0.15) is 13.2 Å². The molecule has 1 rings (SSSR count). The molecule has 96 valence electrons. The van der Waals surface area contributed by atoms with Crippen LogP contribution in [0, 0.1) is 0 Å². The molecule has 0 aliphatic carbocycles. The quantitative estimate of drug-likeness (QED) is 0.853. The topological polar surface area (TPSA) is 29.1 Å². The van der Waals surface area contributed by atoms with E-state index >= 15 is 0 Å². The third-order valence-corrected chi connectivity index (χ3v) is 1.80. The van der Waals surface area contributed by atoms with E-state index in [1.165, 1.54) is 19.1 Å². The van der Waals surface area contributed by atoms with Gasteiger partial charge in [-0.1, -0.05) is 26.0 Å². The number of hydrogen-bond donors (Lipinski definition) is 1. The third kappa shape index (κ3) is 5.94. The molecule has 0 unspecified atom stereocenters. The van der Waals surface area contributed by atoms with Crippen molar-refractivity contribution in [3.63, 3.8) is 0 Å². The van der Waals surface area contributed by atoms with Crippen molar-refractivity contribution in [1.82, 2.24) is 5.32 Å². The number of nitrogens with one attached hydrogen (secondary N) is 1. The van der Waals surface area contributed by atoms with Crippen molar-refractivity contribution >= 4 is 5.91 Å². The molecule has 1 aromatic carbocycles. The molecular formula is C12H16F3NO. The Morgan fingerprint density at radius 1 is 1.29 bits per heavy atom. The van der Waals surface area contributed by atoms with Crippen molar-refractivity contribution in [2.45, 2.75) is 33.5 Å². The van der Waals surface area contributed by atoms with E-state index in [-0.39, 0.29) is 12.5 Å². The highest BCUT2D eigenvalue weighted by molar-refractivity contribution is 5.72. The van der Waals surface area contributed by atoms with Crippen molar-refractivity contribution in [2.75, 3.05) is 0 Å². The largest absolute Gasteiger partial charge is 0.416 e. The Labute approximate surface area is 98.8 Å².